The van der Waals surface area contributed by atoms with Gasteiger partial charge in [-0.1, -0.05) is 0 Å². The highest BCUT2D eigenvalue weighted by Crippen LogP contribution is 2.40. The van der Waals surface area contributed by atoms with Crippen LogP contribution in [0.15, 0.2) is 53.5 Å². The van der Waals surface area contributed by atoms with Crippen molar-refractivity contribution >= 4 is 26.8 Å². The second-order valence-electron chi connectivity index (χ2n) is 8.98. The maximum absolute atomic E-state index is 14.8. The van der Waals surface area contributed by atoms with Gasteiger partial charge in [0.05, 0.1) is 22.9 Å². The van der Waals surface area contributed by atoms with Crippen LogP contribution in [-0.2, 0) is 22.7 Å². The smallest absolute Gasteiger partial charge is 0.331 e. The van der Waals surface area contributed by atoms with Crippen LogP contribution in [0, 0.1) is 17.5 Å². The van der Waals surface area contributed by atoms with Crippen LogP contribution in [0.2, 0.25) is 0 Å². The molecule has 39 heavy (non-hydrogen) atoms. The monoisotopic (exact) mass is 569 g/mol. The van der Waals surface area contributed by atoms with Gasteiger partial charge in [0.15, 0.2) is 0 Å². The number of pyridine rings is 1. The number of fused-ring (bicyclic) bond motifs is 1. The van der Waals surface area contributed by atoms with Gasteiger partial charge in [0.25, 0.3) is 11.5 Å². The quantitative estimate of drug-likeness (QED) is 0.329. The molecule has 1 aliphatic carbocycles. The molecule has 0 spiro atoms. The zero-order valence-electron chi connectivity index (χ0n) is 19.6. The molecule has 2 aromatic heterocycles. The molecule has 5 rings (SSSR count). The molecule has 7 nitrogen and oxygen atoms in total. The zero-order chi connectivity index (χ0) is 28.3. The lowest BCUT2D eigenvalue weighted by Gasteiger charge is -2.14. The molecule has 0 saturated heterocycles. The Morgan fingerprint density at radius 1 is 1.05 bits per heavy atom. The Kier molecular flexibility index (Phi) is 6.32. The van der Waals surface area contributed by atoms with E-state index in [2.05, 4.69) is 4.98 Å². The predicted molar refractivity (Wildman–Crippen MR) is 128 cm³/mol. The minimum absolute atomic E-state index is 0.269. The van der Waals surface area contributed by atoms with Crippen LogP contribution in [0.1, 0.15) is 34.5 Å². The lowest BCUT2D eigenvalue weighted by Crippen LogP contribution is -2.35. The summed E-state index contributed by atoms with van der Waals surface area (Å²) >= 11 is 0. The summed E-state index contributed by atoms with van der Waals surface area (Å²) in [4.78, 5) is 28.5. The Balaban J connectivity index is 1.88. The average Bonchev–Trinajstić information content (AvgIpc) is 3.66. The first-order valence-corrected chi connectivity index (χ1v) is 12.9. The highest BCUT2D eigenvalue weighted by atomic mass is 32.2. The van der Waals surface area contributed by atoms with Gasteiger partial charge in [-0.05, 0) is 55.3 Å². The van der Waals surface area contributed by atoms with Gasteiger partial charge in [-0.2, -0.15) is 13.2 Å². The Labute approximate surface area is 216 Å². The van der Waals surface area contributed by atoms with Crippen LogP contribution in [0.4, 0.5) is 26.3 Å². The van der Waals surface area contributed by atoms with E-state index in [0.29, 0.717) is 12.1 Å². The van der Waals surface area contributed by atoms with Crippen molar-refractivity contribution in [3.8, 4) is 11.1 Å². The van der Waals surface area contributed by atoms with Crippen LogP contribution in [0.3, 0.4) is 0 Å². The second-order valence-corrected chi connectivity index (χ2v) is 10.9. The van der Waals surface area contributed by atoms with Gasteiger partial charge in [0.1, 0.15) is 23.1 Å². The van der Waals surface area contributed by atoms with Crippen LogP contribution < -0.4 is 10.3 Å². The van der Waals surface area contributed by atoms with Crippen LogP contribution in [-0.4, -0.2) is 29.1 Å². The van der Waals surface area contributed by atoms with Crippen LogP contribution >= 0.6 is 0 Å². The Hall–Kier alpha value is -4.07. The molecule has 0 atom stereocenters. The number of hydrogen-bond acceptors (Lipinski definition) is 4. The number of hydrogen-bond donors (Lipinski definition) is 2. The summed E-state index contributed by atoms with van der Waals surface area (Å²) in [6, 6.07) is 5.66. The van der Waals surface area contributed by atoms with E-state index in [9.17, 15) is 44.3 Å². The number of carbonyl (C=O) groups excluding carboxylic acids is 1. The maximum atomic E-state index is 14.8. The molecule has 1 aliphatic rings. The number of aromatic nitrogens is 2. The number of sulfonamides is 1. The number of nitrogens with zero attached hydrogens (tertiary/aromatic N) is 1. The minimum atomic E-state index is -5.17. The number of halogens is 6. The molecule has 2 heterocycles. The minimum Gasteiger partial charge on any atom is -0.331 e. The van der Waals surface area contributed by atoms with Crippen LogP contribution in [0.25, 0.3) is 22.0 Å². The largest absolute Gasteiger partial charge is 0.419 e. The lowest BCUT2D eigenvalue weighted by atomic mass is 10.0. The summed E-state index contributed by atoms with van der Waals surface area (Å²) < 4.78 is 112. The average molecular weight is 569 g/mol. The Morgan fingerprint density at radius 3 is 2.41 bits per heavy atom. The van der Waals surface area contributed by atoms with E-state index in [0.717, 1.165) is 22.8 Å². The second kappa shape index (κ2) is 9.29. The molecule has 0 bridgehead atoms. The normalized spacial score (nSPS) is 14.1. The highest BCUT2D eigenvalue weighted by molar-refractivity contribution is 7.91. The molecule has 1 fully saturated rings. The third-order valence-electron chi connectivity index (χ3n) is 6.29. The summed E-state index contributed by atoms with van der Waals surface area (Å²) in [5.74, 6) is -4.92. The van der Waals surface area contributed by atoms with Crippen molar-refractivity contribution < 1.29 is 39.6 Å². The first-order valence-electron chi connectivity index (χ1n) is 11.4. The van der Waals surface area contributed by atoms with Gasteiger partial charge in [-0.25, -0.2) is 26.3 Å². The molecule has 2 N–H and O–H groups in total. The van der Waals surface area contributed by atoms with Crippen molar-refractivity contribution in [1.82, 2.24) is 14.3 Å². The van der Waals surface area contributed by atoms with Crippen molar-refractivity contribution in [1.29, 1.82) is 0 Å². The van der Waals surface area contributed by atoms with Gasteiger partial charge in [0.2, 0.25) is 10.0 Å². The molecule has 14 heteroatoms. The summed E-state index contributed by atoms with van der Waals surface area (Å²) in [5, 5.41) is -1.32. The molecule has 0 radical (unpaired) electrons. The molecule has 0 unspecified atom stereocenters. The van der Waals surface area contributed by atoms with Gasteiger partial charge in [0, 0.05) is 28.3 Å². The van der Waals surface area contributed by atoms with Gasteiger partial charge < -0.3 is 9.55 Å². The molecule has 2 aromatic carbocycles. The summed E-state index contributed by atoms with van der Waals surface area (Å²) in [5.41, 5.74) is -4.78. The number of carbonyl (C=O) groups is 1. The molecule has 4 aromatic rings. The van der Waals surface area contributed by atoms with E-state index in [-0.39, 0.29) is 24.0 Å². The maximum Gasteiger partial charge on any atom is 0.419 e. The number of aromatic amines is 1. The van der Waals surface area contributed by atoms with Crippen molar-refractivity contribution in [3.63, 3.8) is 0 Å². The van der Waals surface area contributed by atoms with E-state index >= 15 is 0 Å². The Morgan fingerprint density at radius 2 is 1.77 bits per heavy atom. The lowest BCUT2D eigenvalue weighted by molar-refractivity contribution is -0.139. The van der Waals surface area contributed by atoms with Gasteiger partial charge in [-0.3, -0.25) is 9.59 Å². The summed E-state index contributed by atoms with van der Waals surface area (Å²) in [6.45, 7) is -0.720. The predicted octanol–water partition coefficient (Wildman–Crippen LogP) is 4.70. The fourth-order valence-corrected chi connectivity index (χ4v) is 5.63. The highest BCUT2D eigenvalue weighted by Gasteiger charge is 2.40. The van der Waals surface area contributed by atoms with Gasteiger partial charge in [-0.15, -0.1) is 0 Å². The molecule has 1 amide bonds. The SMILES string of the molecule is O=C(NS(=O)(=O)C1CC1)c1c(-c2ccc[nH]c2=O)c2cc(C(F)(F)F)c(F)cc2n1Cc1cc(F)ccc1F. The first-order chi connectivity index (χ1) is 18.3. The number of benzene rings is 2. The fourth-order valence-electron chi connectivity index (χ4n) is 4.35. The van der Waals surface area contributed by atoms with E-state index in [1.165, 1.54) is 18.3 Å². The van der Waals surface area contributed by atoms with E-state index in [4.69, 9.17) is 0 Å². The molecular formula is C25H17F6N3O4S. The third kappa shape index (κ3) is 4.91. The number of alkyl halides is 3. The standard InChI is InChI=1S/C25H17F6N3O4S/c26-13-3-6-18(27)12(8-13)11-34-20-10-19(28)17(25(29,30)31)9-16(20)21(15-2-1-7-32-23(15)35)22(34)24(36)33-39(37,38)14-4-5-14/h1-3,6-10,14H,4-5,11H2,(H,32,35)(H,33,36). The zero-order valence-corrected chi connectivity index (χ0v) is 20.4. The van der Waals surface area contributed by atoms with Crippen molar-refractivity contribution in [2.75, 3.05) is 0 Å². The first kappa shape index (κ1) is 26.5. The number of H-pyrrole nitrogens is 1. The molecule has 204 valence electrons. The van der Waals surface area contributed by atoms with E-state index in [1.54, 1.807) is 0 Å². The van der Waals surface area contributed by atoms with Crippen molar-refractivity contribution in [2.45, 2.75) is 30.8 Å². The Bertz CT molecular complexity index is 1810. The topological polar surface area (TPSA) is 101 Å². The van der Waals surface area contributed by atoms with Crippen LogP contribution in [0.5, 0.6) is 0 Å². The molecule has 0 aliphatic heterocycles. The fraction of sp³-hybridized carbons (Fsp3) is 0.200. The van der Waals surface area contributed by atoms with Crippen molar-refractivity contribution in [2.24, 2.45) is 0 Å². The molecular weight excluding hydrogens is 552 g/mol. The summed E-state index contributed by atoms with van der Waals surface area (Å²) in [7, 11) is -4.21. The van der Waals surface area contributed by atoms with E-state index < -0.39 is 84.6 Å². The van der Waals surface area contributed by atoms with E-state index in [1.807, 2.05) is 4.72 Å². The number of rotatable bonds is 6. The number of amides is 1. The summed E-state index contributed by atoms with van der Waals surface area (Å²) in [6.07, 6.45) is -3.42. The van der Waals surface area contributed by atoms with Crippen molar-refractivity contribution in [3.05, 3.63) is 93.3 Å². The third-order valence-corrected chi connectivity index (χ3v) is 8.11. The number of nitrogens with one attached hydrogen (secondary N) is 2. The molecule has 1 saturated carbocycles. The van der Waals surface area contributed by atoms with Gasteiger partial charge >= 0.3 is 6.18 Å².